The molecule has 3 aliphatic rings. The van der Waals surface area contributed by atoms with Crippen molar-refractivity contribution in [2.45, 2.75) is 110 Å². The zero-order chi connectivity index (χ0) is 22.1. The van der Waals surface area contributed by atoms with Crippen LogP contribution in [-0.4, -0.2) is 33.1 Å². The van der Waals surface area contributed by atoms with Crippen LogP contribution in [0.3, 0.4) is 0 Å². The topological polar surface area (TPSA) is 60.7 Å². The second-order valence-corrected chi connectivity index (χ2v) is 11.4. The van der Waals surface area contributed by atoms with Crippen molar-refractivity contribution in [1.82, 2.24) is 0 Å². The molecule has 1 unspecified atom stereocenters. The summed E-state index contributed by atoms with van der Waals surface area (Å²) >= 11 is 0. The molecule has 0 aliphatic heterocycles. The highest BCUT2D eigenvalue weighted by Crippen LogP contribution is 2.60. The number of hydrogen-bond donors (Lipinski definition) is 3. The van der Waals surface area contributed by atoms with E-state index in [1.165, 1.54) is 38.5 Å². The average molecular weight is 417 g/mol. The van der Waals surface area contributed by atoms with Crippen molar-refractivity contribution < 1.29 is 15.3 Å². The first-order valence-electron chi connectivity index (χ1n) is 12.2. The van der Waals surface area contributed by atoms with Crippen molar-refractivity contribution in [3.8, 4) is 0 Å². The second-order valence-electron chi connectivity index (χ2n) is 11.4. The average Bonchev–Trinajstić information content (AvgIpc) is 3.00. The van der Waals surface area contributed by atoms with Crippen LogP contribution in [0.2, 0.25) is 0 Å². The quantitative estimate of drug-likeness (QED) is 0.486. The van der Waals surface area contributed by atoms with Gasteiger partial charge in [0.1, 0.15) is 0 Å². The summed E-state index contributed by atoms with van der Waals surface area (Å²) in [5, 5.41) is 30.3. The lowest BCUT2D eigenvalue weighted by molar-refractivity contribution is 0.0596. The summed E-state index contributed by atoms with van der Waals surface area (Å²) in [7, 11) is 0. The maximum atomic E-state index is 10.1. The lowest BCUT2D eigenvalue weighted by Gasteiger charge is -2.44. The SMILES string of the molecule is C=C1[C@H](O)CC(=CC=C2CCC[C@]3(C)C([C@@H](C)CCCC(C)(C)O)CC[C@@H]23)C[C@H]1O. The van der Waals surface area contributed by atoms with Crippen LogP contribution in [0.15, 0.2) is 35.5 Å². The monoisotopic (exact) mass is 416 g/mol. The van der Waals surface area contributed by atoms with Crippen LogP contribution < -0.4 is 0 Å². The molecule has 3 N–H and O–H groups in total. The number of rotatable bonds is 6. The molecule has 3 aliphatic carbocycles. The fourth-order valence-corrected chi connectivity index (χ4v) is 6.70. The van der Waals surface area contributed by atoms with Crippen molar-refractivity contribution >= 4 is 0 Å². The van der Waals surface area contributed by atoms with E-state index < -0.39 is 17.8 Å². The third kappa shape index (κ3) is 5.29. The van der Waals surface area contributed by atoms with E-state index in [1.807, 2.05) is 13.8 Å². The van der Waals surface area contributed by atoms with Crippen LogP contribution >= 0.6 is 0 Å². The summed E-state index contributed by atoms with van der Waals surface area (Å²) in [6.07, 6.45) is 14.0. The van der Waals surface area contributed by atoms with Gasteiger partial charge in [-0.2, -0.15) is 0 Å². The number of allylic oxidation sites excluding steroid dienone is 3. The standard InChI is InChI=1S/C27H44O3/c1-18(8-6-14-26(3,4)30)22-12-13-23-21(9-7-15-27(22,23)5)11-10-20-16-24(28)19(2)25(29)17-20/h10-11,18,22-25,28-30H,2,6-9,12-17H2,1,3-5H3/t18-,22?,23-,24+,25+,27+/m0/s1. The largest absolute Gasteiger partial charge is 0.390 e. The molecular formula is C27H44O3. The van der Waals surface area contributed by atoms with Crippen LogP contribution in [0.5, 0.6) is 0 Å². The molecule has 3 rings (SSSR count). The van der Waals surface area contributed by atoms with Gasteiger partial charge in [0.05, 0.1) is 17.8 Å². The fraction of sp³-hybridized carbons (Fsp3) is 0.778. The first kappa shape index (κ1) is 23.8. The Hall–Kier alpha value is -0.900. The van der Waals surface area contributed by atoms with Crippen LogP contribution in [-0.2, 0) is 0 Å². The van der Waals surface area contributed by atoms with Gasteiger partial charge in [-0.15, -0.1) is 0 Å². The molecule has 0 aromatic rings. The van der Waals surface area contributed by atoms with Crippen LogP contribution in [0.1, 0.15) is 91.9 Å². The smallest absolute Gasteiger partial charge is 0.0809 e. The van der Waals surface area contributed by atoms with E-state index >= 15 is 0 Å². The van der Waals surface area contributed by atoms with Crippen molar-refractivity contribution in [2.24, 2.45) is 23.2 Å². The molecule has 3 saturated carbocycles. The Labute approximate surface area is 184 Å². The minimum Gasteiger partial charge on any atom is -0.390 e. The summed E-state index contributed by atoms with van der Waals surface area (Å²) in [5.41, 5.74) is 3.11. The molecule has 3 heteroatoms. The zero-order valence-electron chi connectivity index (χ0n) is 19.7. The maximum absolute atomic E-state index is 10.1. The van der Waals surface area contributed by atoms with Gasteiger partial charge in [-0.05, 0) is 94.0 Å². The first-order chi connectivity index (χ1) is 14.0. The van der Waals surface area contributed by atoms with Gasteiger partial charge in [0.2, 0.25) is 0 Å². The molecule has 3 fully saturated rings. The summed E-state index contributed by atoms with van der Waals surface area (Å²) in [4.78, 5) is 0. The lowest BCUT2D eigenvalue weighted by atomic mass is 9.60. The van der Waals surface area contributed by atoms with Crippen molar-refractivity contribution in [3.63, 3.8) is 0 Å². The van der Waals surface area contributed by atoms with Crippen molar-refractivity contribution in [3.05, 3.63) is 35.5 Å². The Morgan fingerprint density at radius 2 is 1.83 bits per heavy atom. The Morgan fingerprint density at radius 3 is 2.47 bits per heavy atom. The van der Waals surface area contributed by atoms with Crippen molar-refractivity contribution in [2.75, 3.05) is 0 Å². The molecule has 170 valence electrons. The molecule has 0 amide bonds. The van der Waals surface area contributed by atoms with Crippen LogP contribution in [0.25, 0.3) is 0 Å². The first-order valence-corrected chi connectivity index (χ1v) is 12.2. The fourth-order valence-electron chi connectivity index (χ4n) is 6.70. The van der Waals surface area contributed by atoms with Crippen LogP contribution in [0.4, 0.5) is 0 Å². The Bertz CT molecular complexity index is 667. The predicted molar refractivity (Wildman–Crippen MR) is 124 cm³/mol. The van der Waals surface area contributed by atoms with Gasteiger partial charge in [-0.25, -0.2) is 0 Å². The third-order valence-corrected chi connectivity index (χ3v) is 8.47. The van der Waals surface area contributed by atoms with Gasteiger partial charge in [-0.1, -0.05) is 56.6 Å². The molecule has 0 saturated heterocycles. The molecule has 0 spiro atoms. The van der Waals surface area contributed by atoms with E-state index in [4.69, 9.17) is 0 Å². The van der Waals surface area contributed by atoms with E-state index in [-0.39, 0.29) is 0 Å². The van der Waals surface area contributed by atoms with Gasteiger partial charge >= 0.3 is 0 Å². The highest BCUT2D eigenvalue weighted by Gasteiger charge is 2.50. The molecule has 0 aromatic heterocycles. The Kier molecular flexibility index (Phi) is 7.37. The Morgan fingerprint density at radius 1 is 1.17 bits per heavy atom. The van der Waals surface area contributed by atoms with Gasteiger partial charge in [0.25, 0.3) is 0 Å². The van der Waals surface area contributed by atoms with Crippen LogP contribution in [0, 0.1) is 23.2 Å². The molecule has 0 heterocycles. The van der Waals surface area contributed by atoms with Crippen molar-refractivity contribution in [1.29, 1.82) is 0 Å². The van der Waals surface area contributed by atoms with E-state index in [2.05, 4.69) is 32.6 Å². The van der Waals surface area contributed by atoms with E-state index in [0.29, 0.717) is 35.7 Å². The third-order valence-electron chi connectivity index (χ3n) is 8.47. The predicted octanol–water partition coefficient (Wildman–Crippen LogP) is 5.70. The lowest BCUT2D eigenvalue weighted by Crippen LogP contribution is -2.36. The maximum Gasteiger partial charge on any atom is 0.0809 e. The van der Waals surface area contributed by atoms with E-state index in [9.17, 15) is 15.3 Å². The van der Waals surface area contributed by atoms with Gasteiger partial charge in [0, 0.05) is 0 Å². The molecule has 30 heavy (non-hydrogen) atoms. The number of aliphatic hydroxyl groups is 3. The highest BCUT2D eigenvalue weighted by molar-refractivity contribution is 5.29. The number of aliphatic hydroxyl groups excluding tert-OH is 2. The summed E-state index contributed by atoms with van der Waals surface area (Å²) in [6, 6.07) is 0. The minimum atomic E-state index is -0.615. The van der Waals surface area contributed by atoms with Gasteiger partial charge < -0.3 is 15.3 Å². The molecule has 0 radical (unpaired) electrons. The second kappa shape index (κ2) is 9.30. The van der Waals surface area contributed by atoms with Gasteiger partial charge in [0.15, 0.2) is 0 Å². The highest BCUT2D eigenvalue weighted by atomic mass is 16.3. The normalized spacial score (nSPS) is 37.4. The van der Waals surface area contributed by atoms with Gasteiger partial charge in [-0.3, -0.25) is 0 Å². The molecular weight excluding hydrogens is 372 g/mol. The number of hydrogen-bond acceptors (Lipinski definition) is 3. The summed E-state index contributed by atoms with van der Waals surface area (Å²) in [5.74, 6) is 2.13. The molecule has 0 bridgehead atoms. The van der Waals surface area contributed by atoms with E-state index in [1.54, 1.807) is 5.57 Å². The molecule has 3 nitrogen and oxygen atoms in total. The summed E-state index contributed by atoms with van der Waals surface area (Å²) in [6.45, 7) is 12.6. The Balaban J connectivity index is 1.67. The minimum absolute atomic E-state index is 0.386. The number of fused-ring (bicyclic) bond motifs is 1. The molecule has 6 atom stereocenters. The molecule has 0 aromatic carbocycles. The van der Waals surface area contributed by atoms with E-state index in [0.717, 1.165) is 24.3 Å². The zero-order valence-corrected chi connectivity index (χ0v) is 19.7. The summed E-state index contributed by atoms with van der Waals surface area (Å²) < 4.78 is 0.